The molecule has 0 radical (unpaired) electrons. The van der Waals surface area contributed by atoms with Crippen molar-refractivity contribution in [3.05, 3.63) is 35.4 Å². The summed E-state index contributed by atoms with van der Waals surface area (Å²) >= 11 is 0. The van der Waals surface area contributed by atoms with Crippen molar-refractivity contribution >= 4 is 22.0 Å². The molecule has 1 N–H and O–H groups in total. The van der Waals surface area contributed by atoms with Gasteiger partial charge in [-0.3, -0.25) is 9.59 Å². The van der Waals surface area contributed by atoms with Gasteiger partial charge >= 0.3 is 6.18 Å². The van der Waals surface area contributed by atoms with Gasteiger partial charge in [-0.15, -0.1) is 0 Å². The molecular formula is C23H27F4N5O4S. The molecule has 2 amide bonds. The van der Waals surface area contributed by atoms with Crippen LogP contribution in [0.25, 0.3) is 0 Å². The van der Waals surface area contributed by atoms with E-state index >= 15 is 4.39 Å². The summed E-state index contributed by atoms with van der Waals surface area (Å²) in [5.41, 5.74) is -2.89. The van der Waals surface area contributed by atoms with Gasteiger partial charge in [0, 0.05) is 32.7 Å². The zero-order valence-corrected chi connectivity index (χ0v) is 20.7. The first-order chi connectivity index (χ1) is 17.3. The van der Waals surface area contributed by atoms with E-state index in [0.29, 0.717) is 12.0 Å². The molecule has 1 aromatic rings. The van der Waals surface area contributed by atoms with Crippen LogP contribution in [0.15, 0.2) is 24.3 Å². The maximum absolute atomic E-state index is 16.0. The van der Waals surface area contributed by atoms with Crippen LogP contribution >= 0.6 is 0 Å². The molecule has 3 aliphatic heterocycles. The van der Waals surface area contributed by atoms with E-state index in [0.717, 1.165) is 25.6 Å². The predicted molar refractivity (Wildman–Crippen MR) is 122 cm³/mol. The molecule has 37 heavy (non-hydrogen) atoms. The highest BCUT2D eigenvalue weighted by Gasteiger charge is 2.52. The highest BCUT2D eigenvalue weighted by atomic mass is 32.2. The molecule has 14 heteroatoms. The van der Waals surface area contributed by atoms with Crippen molar-refractivity contribution in [3.8, 4) is 6.07 Å². The number of amides is 2. The topological polar surface area (TPSA) is 114 Å². The number of carbonyl (C=O) groups excluding carboxylic acids is 2. The van der Waals surface area contributed by atoms with Crippen molar-refractivity contribution in [1.29, 1.82) is 5.26 Å². The maximum Gasteiger partial charge on any atom is 0.416 e. The normalized spacial score (nSPS) is 25.9. The average Bonchev–Trinajstić information content (AvgIpc) is 3.31. The molecule has 0 saturated carbocycles. The fourth-order valence-electron chi connectivity index (χ4n) is 4.87. The lowest BCUT2D eigenvalue weighted by Gasteiger charge is -2.42. The summed E-state index contributed by atoms with van der Waals surface area (Å²) in [5, 5.41) is 11.5. The Bertz CT molecular complexity index is 1180. The van der Waals surface area contributed by atoms with Crippen molar-refractivity contribution < 1.29 is 35.6 Å². The van der Waals surface area contributed by atoms with Crippen LogP contribution in [0.5, 0.6) is 0 Å². The third-order valence-electron chi connectivity index (χ3n) is 7.04. The Morgan fingerprint density at radius 1 is 1.11 bits per heavy atom. The summed E-state index contributed by atoms with van der Waals surface area (Å²) in [6, 6.07) is 5.31. The third kappa shape index (κ3) is 5.58. The number of nitriles is 1. The maximum atomic E-state index is 16.0. The first kappa shape index (κ1) is 27.3. The Kier molecular flexibility index (Phi) is 7.51. The summed E-state index contributed by atoms with van der Waals surface area (Å²) < 4.78 is 81.9. The molecule has 0 spiro atoms. The zero-order valence-electron chi connectivity index (χ0n) is 19.9. The second kappa shape index (κ2) is 10.2. The highest BCUT2D eigenvalue weighted by molar-refractivity contribution is 7.86. The molecule has 202 valence electrons. The fraction of sp³-hybridized carbons (Fsp3) is 0.609. The molecule has 0 bridgehead atoms. The molecule has 0 unspecified atom stereocenters. The highest BCUT2D eigenvalue weighted by Crippen LogP contribution is 2.34. The van der Waals surface area contributed by atoms with Crippen LogP contribution in [-0.2, 0) is 32.5 Å². The van der Waals surface area contributed by atoms with Gasteiger partial charge < -0.3 is 10.2 Å². The SMILES string of the molecule is N#CC1CN(S(=O)(=O)N2CCC[C@@](F)(C(=O)N3CCC[C@@H]3C(=O)NCc3ccc(C(F)(F)F)cc3)C2)C1. The van der Waals surface area contributed by atoms with Gasteiger partial charge in [0.1, 0.15) is 6.04 Å². The molecule has 0 aliphatic carbocycles. The van der Waals surface area contributed by atoms with Crippen LogP contribution in [0.1, 0.15) is 36.8 Å². The number of piperidine rings is 1. The van der Waals surface area contributed by atoms with Crippen LogP contribution in [0.3, 0.4) is 0 Å². The molecule has 1 aromatic carbocycles. The van der Waals surface area contributed by atoms with Gasteiger partial charge in [0.15, 0.2) is 0 Å². The van der Waals surface area contributed by atoms with E-state index in [1.54, 1.807) is 0 Å². The van der Waals surface area contributed by atoms with Crippen molar-refractivity contribution in [2.45, 2.75) is 50.1 Å². The molecule has 3 heterocycles. The Labute approximate surface area is 212 Å². The van der Waals surface area contributed by atoms with Gasteiger partial charge in [0.05, 0.1) is 24.1 Å². The van der Waals surface area contributed by atoms with Crippen LogP contribution < -0.4 is 5.32 Å². The van der Waals surface area contributed by atoms with Crippen molar-refractivity contribution in [1.82, 2.24) is 18.8 Å². The minimum Gasteiger partial charge on any atom is -0.350 e. The number of halogens is 4. The number of alkyl halides is 4. The number of nitrogens with one attached hydrogen (secondary N) is 1. The molecule has 4 rings (SSSR count). The van der Waals surface area contributed by atoms with E-state index in [2.05, 4.69) is 5.32 Å². The second-order valence-electron chi connectivity index (χ2n) is 9.62. The minimum atomic E-state index is -4.48. The standard InChI is InChI=1S/C23H27F4N5O4S/c24-22(8-2-9-30(15-22)37(35,36)31-13-17(11-28)14-31)21(34)32-10-1-3-19(32)20(33)29-12-16-4-6-18(7-5-16)23(25,26)27/h4-7,17,19H,1-3,8-10,12-15H2,(H,29,33)/t19-,22+/m1/s1. The van der Waals surface area contributed by atoms with Crippen LogP contribution in [0.2, 0.25) is 0 Å². The van der Waals surface area contributed by atoms with Gasteiger partial charge in [-0.25, -0.2) is 4.39 Å². The number of nitrogens with zero attached hydrogens (tertiary/aromatic N) is 4. The van der Waals surface area contributed by atoms with Crippen LogP contribution in [-0.4, -0.2) is 78.2 Å². The molecular weight excluding hydrogens is 518 g/mol. The summed E-state index contributed by atoms with van der Waals surface area (Å²) in [6.45, 7) is -0.510. The summed E-state index contributed by atoms with van der Waals surface area (Å²) in [4.78, 5) is 27.2. The number of benzene rings is 1. The molecule has 9 nitrogen and oxygen atoms in total. The summed E-state index contributed by atoms with van der Waals surface area (Å²) in [7, 11) is -4.02. The van der Waals surface area contributed by atoms with E-state index in [4.69, 9.17) is 5.26 Å². The number of carbonyl (C=O) groups is 2. The Morgan fingerprint density at radius 3 is 2.41 bits per heavy atom. The number of likely N-dealkylation sites (tertiary alicyclic amines) is 1. The number of rotatable bonds is 6. The van der Waals surface area contributed by atoms with E-state index in [-0.39, 0.29) is 52.0 Å². The Morgan fingerprint density at radius 2 is 1.78 bits per heavy atom. The van der Waals surface area contributed by atoms with E-state index in [9.17, 15) is 31.2 Å². The van der Waals surface area contributed by atoms with Gasteiger partial charge in [-0.1, -0.05) is 12.1 Å². The molecule has 3 aliphatic rings. The lowest BCUT2D eigenvalue weighted by atomic mass is 9.94. The van der Waals surface area contributed by atoms with Crippen molar-refractivity contribution in [2.24, 2.45) is 5.92 Å². The summed E-state index contributed by atoms with van der Waals surface area (Å²) in [5.74, 6) is -1.92. The van der Waals surface area contributed by atoms with Crippen molar-refractivity contribution in [2.75, 3.05) is 32.7 Å². The first-order valence-corrected chi connectivity index (χ1v) is 13.3. The van der Waals surface area contributed by atoms with E-state index < -0.39 is 57.9 Å². The van der Waals surface area contributed by atoms with Crippen LogP contribution in [0.4, 0.5) is 17.6 Å². The lowest BCUT2D eigenvalue weighted by Crippen LogP contribution is -2.62. The van der Waals surface area contributed by atoms with Gasteiger partial charge in [-0.05, 0) is 43.4 Å². The fourth-order valence-corrected chi connectivity index (χ4v) is 6.67. The second-order valence-corrected chi connectivity index (χ2v) is 11.6. The molecule has 0 aromatic heterocycles. The van der Waals surface area contributed by atoms with Gasteiger partial charge in [-0.2, -0.15) is 35.5 Å². The Balaban J connectivity index is 1.38. The van der Waals surface area contributed by atoms with Gasteiger partial charge in [0.25, 0.3) is 16.1 Å². The Hall–Kier alpha value is -2.76. The predicted octanol–water partition coefficient (Wildman–Crippen LogP) is 1.82. The van der Waals surface area contributed by atoms with Crippen LogP contribution in [0, 0.1) is 17.2 Å². The third-order valence-corrected chi connectivity index (χ3v) is 8.95. The summed E-state index contributed by atoms with van der Waals surface area (Å²) in [6.07, 6.45) is -3.81. The quantitative estimate of drug-likeness (QED) is 0.548. The van der Waals surface area contributed by atoms with E-state index in [1.165, 1.54) is 12.1 Å². The first-order valence-electron chi connectivity index (χ1n) is 11.9. The molecule has 2 atom stereocenters. The minimum absolute atomic E-state index is 0.0237. The number of hydrogen-bond acceptors (Lipinski definition) is 5. The zero-order chi connectivity index (χ0) is 27.0. The van der Waals surface area contributed by atoms with E-state index in [1.807, 2.05) is 6.07 Å². The van der Waals surface area contributed by atoms with Gasteiger partial charge in [0.2, 0.25) is 11.6 Å². The monoisotopic (exact) mass is 545 g/mol. The molecule has 3 fully saturated rings. The van der Waals surface area contributed by atoms with Crippen molar-refractivity contribution in [3.63, 3.8) is 0 Å². The lowest BCUT2D eigenvalue weighted by molar-refractivity contribution is -0.150. The average molecular weight is 546 g/mol. The number of hydrogen-bond donors (Lipinski definition) is 1. The smallest absolute Gasteiger partial charge is 0.350 e. The molecule has 3 saturated heterocycles. The largest absolute Gasteiger partial charge is 0.416 e.